The maximum Gasteiger partial charge on any atom is 0.308 e. The molecule has 0 aromatic carbocycles. The summed E-state index contributed by atoms with van der Waals surface area (Å²) in [7, 11) is 0. The predicted octanol–water partition coefficient (Wildman–Crippen LogP) is 11.3. The molecule has 8 heteroatoms. The Bertz CT molecular complexity index is 851. The first-order valence-corrected chi connectivity index (χ1v) is 22.3. The SMILES string of the molecule is CCCCCCCCC(CCCCCC)C(=O)OCCCCCCCCNC(=O)CNC(=O)CCCCCOC(=O)C(CCCC)CCCCCC. The summed E-state index contributed by atoms with van der Waals surface area (Å²) in [6.07, 6.45) is 31.7. The Morgan fingerprint density at radius 1 is 0.404 bits per heavy atom. The summed E-state index contributed by atoms with van der Waals surface area (Å²) in [5, 5.41) is 5.61. The molecule has 0 saturated carbocycles. The topological polar surface area (TPSA) is 111 Å². The van der Waals surface area contributed by atoms with Crippen LogP contribution in [-0.2, 0) is 28.7 Å². The number of rotatable bonds is 39. The first kappa shape index (κ1) is 49.9. The molecule has 0 heterocycles. The molecule has 2 unspecified atom stereocenters. The van der Waals surface area contributed by atoms with Gasteiger partial charge in [0.1, 0.15) is 0 Å². The van der Waals surface area contributed by atoms with Gasteiger partial charge in [0.15, 0.2) is 0 Å². The van der Waals surface area contributed by atoms with Crippen LogP contribution in [-0.4, -0.2) is 50.1 Å². The molecule has 0 aromatic rings. The molecule has 2 N–H and O–H groups in total. The van der Waals surface area contributed by atoms with Crippen molar-refractivity contribution in [3.05, 3.63) is 0 Å². The van der Waals surface area contributed by atoms with Gasteiger partial charge < -0.3 is 20.1 Å². The zero-order chi connectivity index (χ0) is 38.3. The van der Waals surface area contributed by atoms with E-state index in [-0.39, 0.29) is 42.1 Å². The second-order valence-corrected chi connectivity index (χ2v) is 15.2. The van der Waals surface area contributed by atoms with Crippen molar-refractivity contribution in [1.82, 2.24) is 10.6 Å². The highest BCUT2D eigenvalue weighted by molar-refractivity contribution is 5.84. The molecule has 0 saturated heterocycles. The van der Waals surface area contributed by atoms with Crippen LogP contribution in [0.3, 0.4) is 0 Å². The van der Waals surface area contributed by atoms with E-state index in [1.54, 1.807) is 0 Å². The van der Waals surface area contributed by atoms with Crippen LogP contribution < -0.4 is 10.6 Å². The largest absolute Gasteiger partial charge is 0.465 e. The molecule has 0 radical (unpaired) electrons. The van der Waals surface area contributed by atoms with E-state index < -0.39 is 0 Å². The van der Waals surface area contributed by atoms with Gasteiger partial charge in [-0.2, -0.15) is 0 Å². The van der Waals surface area contributed by atoms with Crippen LogP contribution in [0.5, 0.6) is 0 Å². The lowest BCUT2D eigenvalue weighted by Crippen LogP contribution is -2.37. The standard InChI is InChI=1S/C44H84N2O6/c1-5-9-13-16-19-25-33-40(32-24-15-11-7-3)44(50)51-36-28-21-18-17-20-27-35-45-42(48)38-46-41(47)34-26-22-29-37-52-43(49)39(30-12-8-4)31-23-14-10-6-2/h39-40H,5-38H2,1-4H3,(H,45,48)(H,46,47). The summed E-state index contributed by atoms with van der Waals surface area (Å²) in [5.74, 6) is -0.228. The van der Waals surface area contributed by atoms with Gasteiger partial charge in [0, 0.05) is 13.0 Å². The highest BCUT2D eigenvalue weighted by atomic mass is 16.5. The maximum absolute atomic E-state index is 12.8. The average Bonchev–Trinajstić information content (AvgIpc) is 3.14. The van der Waals surface area contributed by atoms with Gasteiger partial charge >= 0.3 is 11.9 Å². The zero-order valence-corrected chi connectivity index (χ0v) is 34.6. The number of carbonyl (C=O) groups is 4. The number of hydrogen-bond donors (Lipinski definition) is 2. The van der Waals surface area contributed by atoms with Crippen LogP contribution in [0.1, 0.15) is 220 Å². The lowest BCUT2D eigenvalue weighted by atomic mass is 9.94. The van der Waals surface area contributed by atoms with E-state index in [4.69, 9.17) is 9.47 Å². The van der Waals surface area contributed by atoms with Gasteiger partial charge in [-0.3, -0.25) is 19.2 Å². The third-order valence-electron chi connectivity index (χ3n) is 10.2. The second kappa shape index (κ2) is 38.6. The fourth-order valence-electron chi connectivity index (χ4n) is 6.65. The number of unbranched alkanes of at least 4 members (excludes halogenated alkanes) is 19. The molecular weight excluding hydrogens is 652 g/mol. The van der Waals surface area contributed by atoms with Crippen molar-refractivity contribution in [2.24, 2.45) is 11.8 Å². The van der Waals surface area contributed by atoms with Crippen LogP contribution >= 0.6 is 0 Å². The molecule has 2 atom stereocenters. The van der Waals surface area contributed by atoms with Crippen LogP contribution in [0.4, 0.5) is 0 Å². The maximum atomic E-state index is 12.8. The van der Waals surface area contributed by atoms with Crippen LogP contribution in [0.15, 0.2) is 0 Å². The molecule has 2 amide bonds. The highest BCUT2D eigenvalue weighted by Gasteiger charge is 2.20. The number of nitrogens with one attached hydrogen (secondary N) is 2. The number of hydrogen-bond acceptors (Lipinski definition) is 6. The van der Waals surface area contributed by atoms with E-state index in [1.807, 2.05) is 0 Å². The van der Waals surface area contributed by atoms with Gasteiger partial charge in [-0.1, -0.05) is 156 Å². The van der Waals surface area contributed by atoms with Crippen molar-refractivity contribution in [2.45, 2.75) is 220 Å². The summed E-state index contributed by atoms with van der Waals surface area (Å²) < 4.78 is 11.3. The molecule has 0 fully saturated rings. The Morgan fingerprint density at radius 3 is 1.29 bits per heavy atom. The minimum atomic E-state index is -0.158. The number of esters is 2. The van der Waals surface area contributed by atoms with Gasteiger partial charge in [-0.15, -0.1) is 0 Å². The first-order valence-electron chi connectivity index (χ1n) is 22.3. The van der Waals surface area contributed by atoms with E-state index >= 15 is 0 Å². The van der Waals surface area contributed by atoms with Crippen LogP contribution in [0.2, 0.25) is 0 Å². The van der Waals surface area contributed by atoms with Gasteiger partial charge in [0.2, 0.25) is 11.8 Å². The van der Waals surface area contributed by atoms with Gasteiger partial charge in [0.25, 0.3) is 0 Å². The van der Waals surface area contributed by atoms with Crippen molar-refractivity contribution < 1.29 is 28.7 Å². The number of amides is 2. The van der Waals surface area contributed by atoms with E-state index in [0.29, 0.717) is 32.6 Å². The smallest absolute Gasteiger partial charge is 0.308 e. The van der Waals surface area contributed by atoms with Crippen LogP contribution in [0.25, 0.3) is 0 Å². The zero-order valence-electron chi connectivity index (χ0n) is 34.6. The Balaban J connectivity index is 3.87. The van der Waals surface area contributed by atoms with E-state index in [2.05, 4.69) is 38.3 Å². The molecule has 306 valence electrons. The summed E-state index contributed by atoms with van der Waals surface area (Å²) in [6, 6.07) is 0. The Hall–Kier alpha value is -2.12. The molecular formula is C44H84N2O6. The van der Waals surface area contributed by atoms with Gasteiger partial charge in [0.05, 0.1) is 31.6 Å². The third-order valence-corrected chi connectivity index (χ3v) is 10.2. The van der Waals surface area contributed by atoms with Gasteiger partial charge in [-0.05, 0) is 57.8 Å². The average molecular weight is 737 g/mol. The minimum absolute atomic E-state index is 0.00509. The van der Waals surface area contributed by atoms with Crippen molar-refractivity contribution in [2.75, 3.05) is 26.3 Å². The van der Waals surface area contributed by atoms with Crippen molar-refractivity contribution >= 4 is 23.8 Å². The molecule has 0 aromatic heterocycles. The minimum Gasteiger partial charge on any atom is -0.465 e. The molecule has 0 aliphatic rings. The van der Waals surface area contributed by atoms with Crippen molar-refractivity contribution in [3.63, 3.8) is 0 Å². The van der Waals surface area contributed by atoms with Crippen molar-refractivity contribution in [1.29, 1.82) is 0 Å². The molecule has 0 aliphatic heterocycles. The molecule has 0 bridgehead atoms. The monoisotopic (exact) mass is 737 g/mol. The fourth-order valence-corrected chi connectivity index (χ4v) is 6.65. The normalized spacial score (nSPS) is 12.3. The van der Waals surface area contributed by atoms with Crippen molar-refractivity contribution in [3.8, 4) is 0 Å². The molecule has 0 aliphatic carbocycles. The predicted molar refractivity (Wildman–Crippen MR) is 216 cm³/mol. The third kappa shape index (κ3) is 32.5. The Morgan fingerprint density at radius 2 is 0.788 bits per heavy atom. The second-order valence-electron chi connectivity index (χ2n) is 15.2. The van der Waals surface area contributed by atoms with E-state index in [9.17, 15) is 19.2 Å². The summed E-state index contributed by atoms with van der Waals surface area (Å²) in [5.41, 5.74) is 0. The number of carbonyl (C=O) groups excluding carboxylic acids is 4. The molecule has 8 nitrogen and oxygen atoms in total. The summed E-state index contributed by atoms with van der Waals surface area (Å²) in [4.78, 5) is 49.7. The molecule has 0 rings (SSSR count). The lowest BCUT2D eigenvalue weighted by molar-refractivity contribution is -0.150. The number of ether oxygens (including phenoxy) is 2. The van der Waals surface area contributed by atoms with Gasteiger partial charge in [-0.25, -0.2) is 0 Å². The fraction of sp³-hybridized carbons (Fsp3) is 0.909. The Kier molecular flexibility index (Phi) is 37.0. The first-order chi connectivity index (χ1) is 25.4. The van der Waals surface area contributed by atoms with E-state index in [0.717, 1.165) is 109 Å². The quantitative estimate of drug-likeness (QED) is 0.0480. The lowest BCUT2D eigenvalue weighted by Gasteiger charge is -2.16. The van der Waals surface area contributed by atoms with Crippen LogP contribution in [0, 0.1) is 11.8 Å². The summed E-state index contributed by atoms with van der Waals surface area (Å²) >= 11 is 0. The summed E-state index contributed by atoms with van der Waals surface area (Å²) in [6.45, 7) is 10.4. The molecule has 0 spiro atoms. The Labute approximate surface area is 320 Å². The highest BCUT2D eigenvalue weighted by Crippen LogP contribution is 2.21. The molecule has 52 heavy (non-hydrogen) atoms. The van der Waals surface area contributed by atoms with E-state index in [1.165, 1.54) is 70.6 Å².